The van der Waals surface area contributed by atoms with Crippen LogP contribution in [0.3, 0.4) is 0 Å². The van der Waals surface area contributed by atoms with Gasteiger partial charge in [0.15, 0.2) is 0 Å². The van der Waals surface area contributed by atoms with E-state index in [1.807, 2.05) is 12.1 Å². The van der Waals surface area contributed by atoms with Crippen LogP contribution in [0.2, 0.25) is 0 Å². The van der Waals surface area contributed by atoms with E-state index >= 15 is 0 Å². The highest BCUT2D eigenvalue weighted by atomic mass is 16.5. The van der Waals surface area contributed by atoms with E-state index in [1.54, 1.807) is 7.11 Å². The van der Waals surface area contributed by atoms with Gasteiger partial charge >= 0.3 is 0 Å². The minimum atomic E-state index is 0.572. The zero-order chi connectivity index (χ0) is 11.4. The number of methoxy groups -OCH3 is 1. The largest absolute Gasteiger partial charge is 0.495 e. The molecule has 0 bridgehead atoms. The maximum atomic E-state index is 5.80. The van der Waals surface area contributed by atoms with Gasteiger partial charge in [-0.3, -0.25) is 0 Å². The topological polar surface area (TPSA) is 38.5 Å². The maximum absolute atomic E-state index is 5.80. The summed E-state index contributed by atoms with van der Waals surface area (Å²) in [6.45, 7) is 2.81. The Morgan fingerprint density at radius 2 is 2.00 bits per heavy atom. The first-order valence-corrected chi connectivity index (χ1v) is 5.97. The normalized spacial score (nSPS) is 16.2. The van der Waals surface area contributed by atoms with Crippen molar-refractivity contribution < 1.29 is 4.74 Å². The number of benzene rings is 1. The Kier molecular flexibility index (Phi) is 3.67. The van der Waals surface area contributed by atoms with E-state index in [4.69, 9.17) is 10.5 Å². The molecule has 88 valence electrons. The van der Waals surface area contributed by atoms with Crippen molar-refractivity contribution in [3.8, 4) is 5.75 Å². The van der Waals surface area contributed by atoms with Gasteiger partial charge in [-0.25, -0.2) is 0 Å². The smallest absolute Gasteiger partial charge is 0.142 e. The Labute approximate surface area is 97.2 Å². The van der Waals surface area contributed by atoms with Gasteiger partial charge < -0.3 is 15.4 Å². The summed E-state index contributed by atoms with van der Waals surface area (Å²) in [6, 6.07) is 6.12. The molecule has 2 rings (SSSR count). The second-order valence-corrected chi connectivity index (χ2v) is 4.22. The average molecular weight is 220 g/mol. The highest BCUT2D eigenvalue weighted by molar-refractivity contribution is 5.64. The zero-order valence-corrected chi connectivity index (χ0v) is 9.91. The van der Waals surface area contributed by atoms with Crippen molar-refractivity contribution in [2.75, 3.05) is 25.1 Å². The fourth-order valence-corrected chi connectivity index (χ4v) is 2.37. The van der Waals surface area contributed by atoms with Gasteiger partial charge in [0.05, 0.1) is 12.8 Å². The van der Waals surface area contributed by atoms with Crippen LogP contribution in [0.4, 0.5) is 5.69 Å². The zero-order valence-electron chi connectivity index (χ0n) is 9.91. The molecular weight excluding hydrogens is 200 g/mol. The van der Waals surface area contributed by atoms with Crippen molar-refractivity contribution >= 4 is 5.69 Å². The second kappa shape index (κ2) is 5.21. The number of nitrogens with two attached hydrogens (primary N) is 1. The lowest BCUT2D eigenvalue weighted by Crippen LogP contribution is -2.31. The lowest BCUT2D eigenvalue weighted by molar-refractivity contribution is 0.412. The summed E-state index contributed by atoms with van der Waals surface area (Å²) in [7, 11) is 1.73. The Morgan fingerprint density at radius 1 is 1.25 bits per heavy atom. The molecule has 0 aromatic heterocycles. The van der Waals surface area contributed by atoms with E-state index in [0.29, 0.717) is 6.54 Å². The van der Waals surface area contributed by atoms with Gasteiger partial charge in [0.1, 0.15) is 5.75 Å². The molecule has 1 aliphatic heterocycles. The van der Waals surface area contributed by atoms with Gasteiger partial charge in [0.2, 0.25) is 0 Å². The van der Waals surface area contributed by atoms with Crippen molar-refractivity contribution in [1.29, 1.82) is 0 Å². The van der Waals surface area contributed by atoms with E-state index in [1.165, 1.54) is 30.5 Å². The van der Waals surface area contributed by atoms with E-state index < -0.39 is 0 Å². The van der Waals surface area contributed by atoms with Gasteiger partial charge in [-0.1, -0.05) is 12.1 Å². The van der Waals surface area contributed by atoms with Gasteiger partial charge in [-0.2, -0.15) is 0 Å². The molecular formula is C13H20N2O. The highest BCUT2D eigenvalue weighted by Crippen LogP contribution is 2.33. The summed E-state index contributed by atoms with van der Waals surface area (Å²) in [5.41, 5.74) is 8.18. The third-order valence-corrected chi connectivity index (χ3v) is 3.19. The molecule has 1 heterocycles. The molecule has 0 unspecified atom stereocenters. The molecule has 1 aromatic rings. The van der Waals surface area contributed by atoms with Gasteiger partial charge in [-0.05, 0) is 30.9 Å². The van der Waals surface area contributed by atoms with Crippen LogP contribution in [-0.2, 0) is 6.54 Å². The number of hydrogen-bond acceptors (Lipinski definition) is 3. The van der Waals surface area contributed by atoms with Crippen LogP contribution in [0.25, 0.3) is 0 Å². The third kappa shape index (κ3) is 2.14. The molecule has 16 heavy (non-hydrogen) atoms. The summed E-state index contributed by atoms with van der Waals surface area (Å²) in [5, 5.41) is 0. The molecule has 0 spiro atoms. The number of rotatable bonds is 3. The van der Waals surface area contributed by atoms with E-state index in [0.717, 1.165) is 18.8 Å². The Hall–Kier alpha value is -1.22. The van der Waals surface area contributed by atoms with Crippen molar-refractivity contribution in [3.05, 3.63) is 23.8 Å². The molecule has 2 N–H and O–H groups in total. The minimum Gasteiger partial charge on any atom is -0.495 e. The van der Waals surface area contributed by atoms with Crippen LogP contribution in [0.1, 0.15) is 24.8 Å². The van der Waals surface area contributed by atoms with Crippen LogP contribution in [-0.4, -0.2) is 20.2 Å². The molecule has 1 fully saturated rings. The highest BCUT2D eigenvalue weighted by Gasteiger charge is 2.17. The number of piperidine rings is 1. The van der Waals surface area contributed by atoms with E-state index in [9.17, 15) is 0 Å². The summed E-state index contributed by atoms with van der Waals surface area (Å²) in [6.07, 6.45) is 3.87. The molecule has 1 aliphatic rings. The van der Waals surface area contributed by atoms with Gasteiger partial charge in [0.25, 0.3) is 0 Å². The summed E-state index contributed by atoms with van der Waals surface area (Å²) < 4.78 is 5.44. The molecule has 1 saturated heterocycles. The molecule has 0 saturated carbocycles. The molecule has 0 amide bonds. The second-order valence-electron chi connectivity index (χ2n) is 4.22. The fourth-order valence-electron chi connectivity index (χ4n) is 2.37. The molecule has 0 aliphatic carbocycles. The Morgan fingerprint density at radius 3 is 2.62 bits per heavy atom. The monoisotopic (exact) mass is 220 g/mol. The molecule has 0 atom stereocenters. The summed E-state index contributed by atoms with van der Waals surface area (Å²) in [5.74, 6) is 0.949. The van der Waals surface area contributed by atoms with Crippen molar-refractivity contribution in [3.63, 3.8) is 0 Å². The average Bonchev–Trinajstić information content (AvgIpc) is 2.38. The fraction of sp³-hybridized carbons (Fsp3) is 0.538. The Bertz CT molecular complexity index is 324. The number of nitrogens with zero attached hydrogens (tertiary/aromatic N) is 1. The quantitative estimate of drug-likeness (QED) is 0.848. The van der Waals surface area contributed by atoms with Crippen LogP contribution in [0.5, 0.6) is 5.75 Å². The third-order valence-electron chi connectivity index (χ3n) is 3.19. The lowest BCUT2D eigenvalue weighted by Gasteiger charge is -2.31. The first-order valence-electron chi connectivity index (χ1n) is 5.97. The molecule has 3 nitrogen and oxygen atoms in total. The van der Waals surface area contributed by atoms with Crippen LogP contribution in [0.15, 0.2) is 18.2 Å². The first kappa shape index (κ1) is 11.3. The van der Waals surface area contributed by atoms with E-state index in [-0.39, 0.29) is 0 Å². The number of ether oxygens (including phenoxy) is 1. The molecule has 1 aromatic carbocycles. The minimum absolute atomic E-state index is 0.572. The Balaban J connectivity index is 2.34. The van der Waals surface area contributed by atoms with Gasteiger partial charge in [0, 0.05) is 19.6 Å². The predicted molar refractivity (Wildman–Crippen MR) is 66.9 cm³/mol. The molecule has 3 heteroatoms. The first-order chi connectivity index (χ1) is 7.86. The van der Waals surface area contributed by atoms with Crippen LogP contribution in [0, 0.1) is 0 Å². The number of para-hydroxylation sites is 1. The predicted octanol–water partition coefficient (Wildman–Crippen LogP) is 2.14. The standard InChI is InChI=1S/C13H20N2O/c1-16-12-7-5-6-11(10-14)13(12)15-8-3-2-4-9-15/h5-7H,2-4,8-10,14H2,1H3. The number of anilines is 1. The SMILES string of the molecule is COc1cccc(CN)c1N1CCCCC1. The van der Waals surface area contributed by atoms with Crippen LogP contribution >= 0.6 is 0 Å². The van der Waals surface area contributed by atoms with Crippen LogP contribution < -0.4 is 15.4 Å². The van der Waals surface area contributed by atoms with Crippen molar-refractivity contribution in [2.24, 2.45) is 5.73 Å². The maximum Gasteiger partial charge on any atom is 0.142 e. The molecule has 0 radical (unpaired) electrons. The van der Waals surface area contributed by atoms with E-state index in [2.05, 4.69) is 11.0 Å². The van der Waals surface area contributed by atoms with Crippen molar-refractivity contribution in [1.82, 2.24) is 0 Å². The van der Waals surface area contributed by atoms with Crippen molar-refractivity contribution in [2.45, 2.75) is 25.8 Å². The number of hydrogen-bond donors (Lipinski definition) is 1. The summed E-state index contributed by atoms with van der Waals surface area (Å²) in [4.78, 5) is 2.41. The van der Waals surface area contributed by atoms with Gasteiger partial charge in [-0.15, -0.1) is 0 Å². The summed E-state index contributed by atoms with van der Waals surface area (Å²) >= 11 is 0. The lowest BCUT2D eigenvalue weighted by atomic mass is 10.1.